The maximum atomic E-state index is 13.9. The van der Waals surface area contributed by atoms with E-state index in [9.17, 15) is 4.39 Å². The number of aromatic nitrogens is 3. The molecule has 0 bridgehead atoms. The van der Waals surface area contributed by atoms with Crippen LogP contribution in [0.2, 0.25) is 0 Å². The van der Waals surface area contributed by atoms with Gasteiger partial charge in [-0.05, 0) is 36.6 Å². The van der Waals surface area contributed by atoms with Gasteiger partial charge in [-0.1, -0.05) is 39.3 Å². The zero-order valence-corrected chi connectivity index (χ0v) is 19.5. The van der Waals surface area contributed by atoms with E-state index in [-0.39, 0.29) is 11.1 Å². The van der Waals surface area contributed by atoms with Gasteiger partial charge in [0.05, 0.1) is 35.1 Å². The molecule has 0 amide bonds. The van der Waals surface area contributed by atoms with Gasteiger partial charge in [-0.15, -0.1) is 0 Å². The Bertz CT molecular complexity index is 1140. The summed E-state index contributed by atoms with van der Waals surface area (Å²) >= 11 is 0. The summed E-state index contributed by atoms with van der Waals surface area (Å²) in [5.74, 6) is 1.61. The Morgan fingerprint density at radius 2 is 2.03 bits per heavy atom. The van der Waals surface area contributed by atoms with Gasteiger partial charge >= 0.3 is 0 Å². The van der Waals surface area contributed by atoms with Crippen molar-refractivity contribution < 1.29 is 4.39 Å². The molecule has 2 aromatic heterocycles. The second-order valence-electron chi connectivity index (χ2n) is 8.28. The third-order valence-electron chi connectivity index (χ3n) is 5.29. The molecule has 2 aliphatic rings. The van der Waals surface area contributed by atoms with E-state index in [1.165, 1.54) is 25.0 Å². The monoisotopic (exact) mass is 446 g/mol. The summed E-state index contributed by atoms with van der Waals surface area (Å²) < 4.78 is 15.7. The zero-order valence-electron chi connectivity index (χ0n) is 19.5. The summed E-state index contributed by atoms with van der Waals surface area (Å²) in [6, 6.07) is 12.0. The third kappa shape index (κ3) is 6.66. The van der Waals surface area contributed by atoms with Crippen molar-refractivity contribution in [3.05, 3.63) is 71.8 Å². The second kappa shape index (κ2) is 11.3. The van der Waals surface area contributed by atoms with Crippen LogP contribution in [0.15, 0.2) is 49.2 Å². The van der Waals surface area contributed by atoms with Crippen molar-refractivity contribution >= 4 is 11.5 Å². The molecule has 1 fully saturated rings. The Morgan fingerprint density at radius 3 is 2.64 bits per heavy atom. The van der Waals surface area contributed by atoms with Crippen LogP contribution < -0.4 is 10.6 Å². The first-order chi connectivity index (χ1) is 15.9. The highest BCUT2D eigenvalue weighted by atomic mass is 19.1. The molecule has 2 N–H and O–H groups in total. The van der Waals surface area contributed by atoms with Crippen LogP contribution in [0.5, 0.6) is 0 Å². The largest absolute Gasteiger partial charge is 0.379 e. The summed E-state index contributed by atoms with van der Waals surface area (Å²) in [7, 11) is 1.91. The minimum atomic E-state index is -0.434. The fourth-order valence-electron chi connectivity index (χ4n) is 3.14. The van der Waals surface area contributed by atoms with Crippen LogP contribution in [0.3, 0.4) is 0 Å². The van der Waals surface area contributed by atoms with E-state index in [0.29, 0.717) is 12.2 Å². The van der Waals surface area contributed by atoms with E-state index >= 15 is 0 Å². The number of hydrogen-bond donors (Lipinski definition) is 2. The minimum absolute atomic E-state index is 0.255. The lowest BCUT2D eigenvalue weighted by Gasteiger charge is -2.06. The van der Waals surface area contributed by atoms with Crippen LogP contribution in [0.4, 0.5) is 10.2 Å². The van der Waals surface area contributed by atoms with Gasteiger partial charge in [0, 0.05) is 37.1 Å². The molecule has 172 valence electrons. The first kappa shape index (κ1) is 24.0. The second-order valence-corrected chi connectivity index (χ2v) is 8.28. The lowest BCUT2D eigenvalue weighted by atomic mass is 10.0. The molecule has 0 unspecified atom stereocenters. The number of rotatable bonds is 4. The molecule has 5 rings (SSSR count). The Hall–Kier alpha value is -3.66. The summed E-state index contributed by atoms with van der Waals surface area (Å²) in [4.78, 5) is 4.43. The predicted molar refractivity (Wildman–Crippen MR) is 131 cm³/mol. The SMILES string of the molecule is C=C1NCc2nc(-c3c(F)cccc3C#N)ccc21.CC1CC1.CCCNc1ccn(C)n1. The number of nitrogens with zero attached hydrogens (tertiary/aromatic N) is 4. The molecule has 3 heterocycles. The smallest absolute Gasteiger partial charge is 0.147 e. The third-order valence-corrected chi connectivity index (χ3v) is 5.29. The first-order valence-electron chi connectivity index (χ1n) is 11.3. The van der Waals surface area contributed by atoms with E-state index in [1.54, 1.807) is 16.8 Å². The van der Waals surface area contributed by atoms with Gasteiger partial charge in [0.2, 0.25) is 0 Å². The lowest BCUT2D eigenvalue weighted by Crippen LogP contribution is -2.00. The first-order valence-corrected chi connectivity index (χ1v) is 11.3. The number of aryl methyl sites for hydroxylation is 1. The average molecular weight is 447 g/mol. The van der Waals surface area contributed by atoms with E-state index in [4.69, 9.17) is 5.26 Å². The summed E-state index contributed by atoms with van der Waals surface area (Å²) in [5.41, 5.74) is 3.61. The van der Waals surface area contributed by atoms with Crippen LogP contribution in [-0.2, 0) is 13.6 Å². The van der Waals surface area contributed by atoms with E-state index in [1.807, 2.05) is 31.4 Å². The van der Waals surface area contributed by atoms with Crippen molar-refractivity contribution in [2.75, 3.05) is 11.9 Å². The molecule has 0 radical (unpaired) electrons. The Labute approximate surface area is 195 Å². The van der Waals surface area contributed by atoms with Gasteiger partial charge in [0.15, 0.2) is 0 Å². The molecular formula is C26H31FN6. The van der Waals surface area contributed by atoms with Crippen LogP contribution in [0.25, 0.3) is 17.0 Å². The number of halogens is 1. The molecule has 1 aliphatic heterocycles. The average Bonchev–Trinajstić information content (AvgIpc) is 3.35. The molecule has 1 aliphatic carbocycles. The van der Waals surface area contributed by atoms with Gasteiger partial charge < -0.3 is 10.6 Å². The number of hydrogen-bond acceptors (Lipinski definition) is 5. The van der Waals surface area contributed by atoms with Crippen LogP contribution in [-0.4, -0.2) is 21.3 Å². The Morgan fingerprint density at radius 1 is 1.27 bits per heavy atom. The van der Waals surface area contributed by atoms with Gasteiger partial charge in [-0.2, -0.15) is 10.4 Å². The van der Waals surface area contributed by atoms with Crippen molar-refractivity contribution in [1.82, 2.24) is 20.1 Å². The maximum Gasteiger partial charge on any atom is 0.147 e. The molecule has 7 heteroatoms. The van der Waals surface area contributed by atoms with Crippen molar-refractivity contribution in [2.45, 2.75) is 39.7 Å². The topological polar surface area (TPSA) is 78.6 Å². The number of nitrogens with one attached hydrogen (secondary N) is 2. The highest BCUT2D eigenvalue weighted by molar-refractivity contribution is 5.73. The highest BCUT2D eigenvalue weighted by Crippen LogP contribution is 2.29. The van der Waals surface area contributed by atoms with E-state index in [0.717, 1.165) is 41.7 Å². The molecule has 1 aromatic carbocycles. The van der Waals surface area contributed by atoms with Crippen LogP contribution in [0, 0.1) is 23.1 Å². The van der Waals surface area contributed by atoms with Gasteiger partial charge in [-0.25, -0.2) is 4.39 Å². The fourth-order valence-corrected chi connectivity index (χ4v) is 3.14. The van der Waals surface area contributed by atoms with E-state index < -0.39 is 5.82 Å². The number of anilines is 1. The lowest BCUT2D eigenvalue weighted by molar-refractivity contribution is 0.630. The molecule has 6 nitrogen and oxygen atoms in total. The van der Waals surface area contributed by atoms with Gasteiger partial charge in [0.25, 0.3) is 0 Å². The minimum Gasteiger partial charge on any atom is -0.379 e. The van der Waals surface area contributed by atoms with Crippen molar-refractivity contribution in [3.8, 4) is 17.3 Å². The predicted octanol–water partition coefficient (Wildman–Crippen LogP) is 5.49. The van der Waals surface area contributed by atoms with Crippen LogP contribution in [0.1, 0.15) is 49.9 Å². The maximum absolute atomic E-state index is 13.9. The van der Waals surface area contributed by atoms with Crippen molar-refractivity contribution in [3.63, 3.8) is 0 Å². The zero-order chi connectivity index (χ0) is 23.8. The molecule has 3 aromatic rings. The molecule has 1 saturated carbocycles. The van der Waals surface area contributed by atoms with Crippen molar-refractivity contribution in [2.24, 2.45) is 13.0 Å². The Balaban J connectivity index is 0.000000181. The number of benzene rings is 1. The molecular weight excluding hydrogens is 415 g/mol. The van der Waals surface area contributed by atoms with Gasteiger partial charge in [0.1, 0.15) is 11.6 Å². The summed E-state index contributed by atoms with van der Waals surface area (Å²) in [5, 5.41) is 19.5. The number of fused-ring (bicyclic) bond motifs is 1. The summed E-state index contributed by atoms with van der Waals surface area (Å²) in [6.07, 6.45) is 6.04. The van der Waals surface area contributed by atoms with E-state index in [2.05, 4.69) is 41.1 Å². The number of nitriles is 1. The Kier molecular flexibility index (Phi) is 8.20. The summed E-state index contributed by atoms with van der Waals surface area (Å²) in [6.45, 7) is 9.86. The molecule has 0 atom stereocenters. The quantitative estimate of drug-likeness (QED) is 0.554. The van der Waals surface area contributed by atoms with Crippen LogP contribution >= 0.6 is 0 Å². The van der Waals surface area contributed by atoms with Crippen molar-refractivity contribution in [1.29, 1.82) is 5.26 Å². The normalized spacial score (nSPS) is 13.5. The highest BCUT2D eigenvalue weighted by Gasteiger charge is 2.18. The number of pyridine rings is 1. The fraction of sp³-hybridized carbons (Fsp3) is 0.346. The molecule has 0 spiro atoms. The molecule has 0 saturated heterocycles. The molecule has 33 heavy (non-hydrogen) atoms. The van der Waals surface area contributed by atoms with Gasteiger partial charge in [-0.3, -0.25) is 9.67 Å². The standard InChI is InChI=1S/C15H10FN3.C7H13N3.C4H8/c1-9-11-5-6-13(19-14(11)8-18-9)15-10(7-17)3-2-4-12(15)16;1-3-5-8-7-4-6-10(2)9-7;1-4-2-3-4/h2-6,18H,1,8H2;4,6H,3,5H2,1-2H3,(H,8,9);4H,2-3H2,1H3.